The molecule has 1 aromatic carbocycles. The Hall–Kier alpha value is -2.41. The molecule has 114 valence electrons. The highest BCUT2D eigenvalue weighted by atomic mass is 32.1. The van der Waals surface area contributed by atoms with Crippen molar-refractivity contribution in [3.8, 4) is 5.19 Å². The highest BCUT2D eigenvalue weighted by molar-refractivity contribution is 7.11. The van der Waals surface area contributed by atoms with E-state index in [4.69, 9.17) is 4.74 Å². The fourth-order valence-electron chi connectivity index (χ4n) is 2.09. The van der Waals surface area contributed by atoms with E-state index in [1.807, 2.05) is 11.4 Å². The number of carbonyl (C=O) groups is 2. The van der Waals surface area contributed by atoms with Crippen LogP contribution >= 0.6 is 11.3 Å². The lowest BCUT2D eigenvalue weighted by Crippen LogP contribution is -2.58. The molecule has 0 aliphatic carbocycles. The highest BCUT2D eigenvalue weighted by Crippen LogP contribution is 2.19. The molecular weight excluding hydrogens is 302 g/mol. The van der Waals surface area contributed by atoms with Gasteiger partial charge in [0.2, 0.25) is 5.91 Å². The van der Waals surface area contributed by atoms with Gasteiger partial charge < -0.3 is 15.0 Å². The van der Waals surface area contributed by atoms with Crippen molar-refractivity contribution in [2.75, 3.05) is 19.6 Å². The van der Waals surface area contributed by atoms with Gasteiger partial charge in [0, 0.05) is 17.1 Å². The summed E-state index contributed by atoms with van der Waals surface area (Å²) in [5.74, 6) is -0.353. The van der Waals surface area contributed by atoms with Crippen LogP contribution in [0.15, 0.2) is 41.9 Å². The van der Waals surface area contributed by atoms with E-state index in [0.717, 1.165) is 0 Å². The van der Waals surface area contributed by atoms with Crippen LogP contribution in [0.4, 0.5) is 0 Å². The lowest BCUT2D eigenvalue weighted by molar-refractivity contribution is -0.138. The molecule has 2 aromatic rings. The third-order valence-electron chi connectivity index (χ3n) is 3.31. The average Bonchev–Trinajstić information content (AvgIpc) is 3.01. The van der Waals surface area contributed by atoms with E-state index < -0.39 is 0 Å². The summed E-state index contributed by atoms with van der Waals surface area (Å²) in [7, 11) is 0. The summed E-state index contributed by atoms with van der Waals surface area (Å²) in [5, 5.41) is 5.09. The van der Waals surface area contributed by atoms with Crippen LogP contribution in [0.3, 0.4) is 0 Å². The summed E-state index contributed by atoms with van der Waals surface area (Å²) in [6.07, 6.45) is 1.67. The molecule has 1 aliphatic heterocycles. The van der Waals surface area contributed by atoms with Crippen molar-refractivity contribution in [2.45, 2.75) is 6.10 Å². The van der Waals surface area contributed by atoms with Crippen LogP contribution in [0.1, 0.15) is 10.4 Å². The van der Waals surface area contributed by atoms with E-state index in [1.54, 1.807) is 35.4 Å². The van der Waals surface area contributed by atoms with Crippen molar-refractivity contribution in [2.24, 2.45) is 0 Å². The number of hydrogen-bond acceptors (Lipinski definition) is 5. The van der Waals surface area contributed by atoms with Gasteiger partial charge in [-0.1, -0.05) is 29.5 Å². The first kappa shape index (κ1) is 14.5. The normalized spacial score (nSPS) is 14.3. The maximum absolute atomic E-state index is 12.0. The predicted molar refractivity (Wildman–Crippen MR) is 81.9 cm³/mol. The summed E-state index contributed by atoms with van der Waals surface area (Å²) >= 11 is 1.43. The van der Waals surface area contributed by atoms with E-state index in [1.165, 1.54) is 11.3 Å². The molecule has 3 rings (SSSR count). The van der Waals surface area contributed by atoms with Crippen LogP contribution in [0.5, 0.6) is 5.19 Å². The van der Waals surface area contributed by atoms with Crippen LogP contribution in [0, 0.1) is 0 Å². The van der Waals surface area contributed by atoms with Gasteiger partial charge in [-0.3, -0.25) is 9.59 Å². The fourth-order valence-corrected chi connectivity index (χ4v) is 2.64. The van der Waals surface area contributed by atoms with Crippen LogP contribution in [0.2, 0.25) is 0 Å². The average molecular weight is 317 g/mol. The van der Waals surface area contributed by atoms with Gasteiger partial charge in [-0.2, -0.15) is 0 Å². The second-order valence-electron chi connectivity index (χ2n) is 4.89. The lowest BCUT2D eigenvalue weighted by atomic mass is 10.1. The minimum absolute atomic E-state index is 0.00228. The van der Waals surface area contributed by atoms with E-state index in [0.29, 0.717) is 23.8 Å². The second-order valence-corrected chi connectivity index (χ2v) is 5.74. The molecule has 1 aliphatic rings. The standard InChI is InChI=1S/C15H15N3O3S/c19-13(8-17-14(20)11-4-2-1-3-5-11)18-9-12(10-18)21-15-16-6-7-22-15/h1-7,12H,8-10H2,(H,17,20). The Morgan fingerprint density at radius 3 is 2.77 bits per heavy atom. The fraction of sp³-hybridized carbons (Fsp3) is 0.267. The topological polar surface area (TPSA) is 71.5 Å². The second kappa shape index (κ2) is 6.57. The van der Waals surface area contributed by atoms with Crippen LogP contribution in [0.25, 0.3) is 0 Å². The molecule has 0 radical (unpaired) electrons. The number of carbonyl (C=O) groups excluding carboxylic acids is 2. The molecule has 0 saturated carbocycles. The van der Waals surface area contributed by atoms with Gasteiger partial charge in [0.15, 0.2) is 0 Å². The zero-order chi connectivity index (χ0) is 15.4. The molecule has 6 nitrogen and oxygen atoms in total. The molecule has 0 atom stereocenters. The Bertz CT molecular complexity index is 639. The zero-order valence-electron chi connectivity index (χ0n) is 11.8. The number of thiazole rings is 1. The van der Waals surface area contributed by atoms with Crippen molar-refractivity contribution < 1.29 is 14.3 Å². The molecule has 0 unspecified atom stereocenters. The molecule has 7 heteroatoms. The van der Waals surface area contributed by atoms with Crippen molar-refractivity contribution >= 4 is 23.2 Å². The number of amides is 2. The highest BCUT2D eigenvalue weighted by Gasteiger charge is 2.32. The maximum Gasteiger partial charge on any atom is 0.273 e. The van der Waals surface area contributed by atoms with Gasteiger partial charge in [-0.25, -0.2) is 4.98 Å². The molecule has 1 aromatic heterocycles. The van der Waals surface area contributed by atoms with Gasteiger partial charge in [0.1, 0.15) is 6.10 Å². The van der Waals surface area contributed by atoms with E-state index >= 15 is 0 Å². The minimum Gasteiger partial charge on any atom is -0.463 e. The Kier molecular flexibility index (Phi) is 4.34. The van der Waals surface area contributed by atoms with E-state index in [-0.39, 0.29) is 24.5 Å². The van der Waals surface area contributed by atoms with E-state index in [9.17, 15) is 9.59 Å². The number of benzene rings is 1. The van der Waals surface area contributed by atoms with Crippen molar-refractivity contribution in [1.82, 2.24) is 15.2 Å². The Balaban J connectivity index is 1.40. The van der Waals surface area contributed by atoms with Crippen LogP contribution in [-0.4, -0.2) is 47.4 Å². The Morgan fingerprint density at radius 1 is 1.32 bits per heavy atom. The SMILES string of the molecule is O=C(NCC(=O)N1CC(Oc2nccs2)C1)c1ccccc1. The third-order valence-corrected chi connectivity index (χ3v) is 3.98. The summed E-state index contributed by atoms with van der Waals surface area (Å²) in [6.45, 7) is 1.05. The number of rotatable bonds is 5. The van der Waals surface area contributed by atoms with Gasteiger partial charge in [0.25, 0.3) is 11.1 Å². The van der Waals surface area contributed by atoms with Gasteiger partial charge in [0.05, 0.1) is 19.6 Å². The Labute approximate surface area is 131 Å². The van der Waals surface area contributed by atoms with Crippen LogP contribution < -0.4 is 10.1 Å². The third kappa shape index (κ3) is 3.43. The number of nitrogens with zero attached hydrogens (tertiary/aromatic N) is 2. The van der Waals surface area contributed by atoms with Crippen molar-refractivity contribution in [3.63, 3.8) is 0 Å². The van der Waals surface area contributed by atoms with Crippen LogP contribution in [-0.2, 0) is 4.79 Å². The first-order valence-electron chi connectivity index (χ1n) is 6.89. The van der Waals surface area contributed by atoms with Gasteiger partial charge in [-0.15, -0.1) is 0 Å². The Morgan fingerprint density at radius 2 is 2.09 bits per heavy atom. The first-order chi connectivity index (χ1) is 10.7. The molecule has 1 N–H and O–H groups in total. The van der Waals surface area contributed by atoms with Crippen molar-refractivity contribution in [3.05, 3.63) is 47.5 Å². The molecule has 1 saturated heterocycles. The molecule has 0 bridgehead atoms. The molecule has 1 fully saturated rings. The number of ether oxygens (including phenoxy) is 1. The maximum atomic E-state index is 12.0. The van der Waals surface area contributed by atoms with Gasteiger partial charge >= 0.3 is 0 Å². The minimum atomic E-state index is -0.245. The monoisotopic (exact) mass is 317 g/mol. The summed E-state index contributed by atoms with van der Waals surface area (Å²) < 4.78 is 5.59. The summed E-state index contributed by atoms with van der Waals surface area (Å²) in [5.41, 5.74) is 0.545. The lowest BCUT2D eigenvalue weighted by Gasteiger charge is -2.38. The smallest absolute Gasteiger partial charge is 0.273 e. The number of aromatic nitrogens is 1. The predicted octanol–water partition coefficient (Wildman–Crippen LogP) is 1.16. The number of hydrogen-bond donors (Lipinski definition) is 1. The molecular formula is C15H15N3O3S. The largest absolute Gasteiger partial charge is 0.463 e. The molecule has 2 heterocycles. The first-order valence-corrected chi connectivity index (χ1v) is 7.77. The quantitative estimate of drug-likeness (QED) is 0.898. The molecule has 22 heavy (non-hydrogen) atoms. The summed E-state index contributed by atoms with van der Waals surface area (Å²) in [6, 6.07) is 8.83. The number of nitrogens with one attached hydrogen (secondary N) is 1. The molecule has 0 spiro atoms. The van der Waals surface area contributed by atoms with E-state index in [2.05, 4.69) is 10.3 Å². The van der Waals surface area contributed by atoms with Crippen molar-refractivity contribution in [1.29, 1.82) is 0 Å². The van der Waals surface area contributed by atoms with Gasteiger partial charge in [-0.05, 0) is 12.1 Å². The number of likely N-dealkylation sites (tertiary alicyclic amines) is 1. The molecule has 2 amide bonds. The summed E-state index contributed by atoms with van der Waals surface area (Å²) in [4.78, 5) is 29.5. The zero-order valence-corrected chi connectivity index (χ0v) is 12.6.